The van der Waals surface area contributed by atoms with Gasteiger partial charge in [0.25, 0.3) is 0 Å². The van der Waals surface area contributed by atoms with Crippen molar-refractivity contribution in [3.8, 4) is 22.6 Å². The van der Waals surface area contributed by atoms with Gasteiger partial charge in [-0.25, -0.2) is 9.97 Å². The lowest BCUT2D eigenvalue weighted by Gasteiger charge is -2.15. The van der Waals surface area contributed by atoms with Crippen molar-refractivity contribution >= 4 is 5.82 Å². The van der Waals surface area contributed by atoms with Crippen LogP contribution in [0.5, 0.6) is 0 Å². The van der Waals surface area contributed by atoms with E-state index in [0.29, 0.717) is 12.5 Å². The van der Waals surface area contributed by atoms with Crippen LogP contribution in [0.1, 0.15) is 42.1 Å². The van der Waals surface area contributed by atoms with Crippen LogP contribution in [0, 0.1) is 0 Å². The number of nitrogens with zero attached hydrogens (tertiary/aromatic N) is 3. The molecule has 32 heavy (non-hydrogen) atoms. The first-order chi connectivity index (χ1) is 15.7. The van der Waals surface area contributed by atoms with Crippen molar-refractivity contribution < 1.29 is 0 Å². The number of hydrogen-bond donors (Lipinski definition) is 2. The lowest BCUT2D eigenvalue weighted by molar-refractivity contribution is 0.758. The van der Waals surface area contributed by atoms with Gasteiger partial charge >= 0.3 is 0 Å². The van der Waals surface area contributed by atoms with Gasteiger partial charge < -0.3 is 10.6 Å². The molecule has 0 bridgehead atoms. The zero-order chi connectivity index (χ0) is 21.9. The molecule has 0 atom stereocenters. The molecule has 0 unspecified atom stereocenters. The molecule has 1 aliphatic heterocycles. The van der Waals surface area contributed by atoms with Crippen molar-refractivity contribution in [2.24, 2.45) is 0 Å². The Morgan fingerprint density at radius 3 is 2.50 bits per heavy atom. The molecule has 0 radical (unpaired) electrons. The quantitative estimate of drug-likeness (QED) is 0.428. The fourth-order valence-electron chi connectivity index (χ4n) is 4.15. The smallest absolute Gasteiger partial charge is 0.162 e. The second-order valence-electron chi connectivity index (χ2n) is 8.43. The van der Waals surface area contributed by atoms with Crippen molar-refractivity contribution in [2.75, 3.05) is 5.32 Å². The fourth-order valence-corrected chi connectivity index (χ4v) is 4.15. The summed E-state index contributed by atoms with van der Waals surface area (Å²) in [4.78, 5) is 14.3. The summed E-state index contributed by atoms with van der Waals surface area (Å²) < 4.78 is 0. The first kappa shape index (κ1) is 20.3. The maximum absolute atomic E-state index is 4.97. The molecule has 1 aliphatic rings. The molecule has 0 spiro atoms. The highest BCUT2D eigenvalue weighted by atomic mass is 15.1. The van der Waals surface area contributed by atoms with Crippen molar-refractivity contribution in [1.29, 1.82) is 0 Å². The predicted octanol–water partition coefficient (Wildman–Crippen LogP) is 5.54. The van der Waals surface area contributed by atoms with Crippen LogP contribution < -0.4 is 10.6 Å². The molecule has 0 amide bonds. The molecule has 3 heterocycles. The van der Waals surface area contributed by atoms with E-state index in [1.54, 1.807) is 0 Å². The third-order valence-electron chi connectivity index (χ3n) is 5.89. The summed E-state index contributed by atoms with van der Waals surface area (Å²) in [6.07, 6.45) is 1.82. The fraction of sp³-hybridized carbons (Fsp3) is 0.222. The second kappa shape index (κ2) is 8.89. The Labute approximate surface area is 189 Å². The van der Waals surface area contributed by atoms with Gasteiger partial charge in [-0.1, -0.05) is 68.4 Å². The average molecular weight is 422 g/mol. The molecule has 2 N–H and O–H groups in total. The third kappa shape index (κ3) is 4.12. The van der Waals surface area contributed by atoms with Gasteiger partial charge in [-0.15, -0.1) is 0 Å². The Hall–Kier alpha value is -3.57. The monoisotopic (exact) mass is 421 g/mol. The van der Waals surface area contributed by atoms with Crippen molar-refractivity contribution in [3.63, 3.8) is 0 Å². The molecule has 0 saturated heterocycles. The summed E-state index contributed by atoms with van der Waals surface area (Å²) in [5, 5.41) is 6.99. The minimum atomic E-state index is 0.412. The number of aromatic nitrogens is 3. The van der Waals surface area contributed by atoms with Gasteiger partial charge in [0.1, 0.15) is 5.82 Å². The van der Waals surface area contributed by atoms with Gasteiger partial charge in [0.05, 0.1) is 11.4 Å². The normalized spacial score (nSPS) is 12.7. The van der Waals surface area contributed by atoms with Crippen LogP contribution in [0.25, 0.3) is 22.6 Å². The van der Waals surface area contributed by atoms with E-state index >= 15 is 0 Å². The minimum Gasteiger partial charge on any atom is -0.366 e. The van der Waals surface area contributed by atoms with Crippen molar-refractivity contribution in [1.82, 2.24) is 20.3 Å². The molecule has 5 heteroatoms. The molecular weight excluding hydrogens is 394 g/mol. The number of fused-ring (bicyclic) bond motifs is 1. The molecule has 160 valence electrons. The molecule has 0 saturated carbocycles. The van der Waals surface area contributed by atoms with Crippen LogP contribution in [0.2, 0.25) is 0 Å². The van der Waals surface area contributed by atoms with E-state index in [1.807, 2.05) is 24.4 Å². The first-order valence-electron chi connectivity index (χ1n) is 11.1. The van der Waals surface area contributed by atoms with E-state index in [9.17, 15) is 0 Å². The van der Waals surface area contributed by atoms with Gasteiger partial charge in [-0.05, 0) is 29.2 Å². The van der Waals surface area contributed by atoms with E-state index in [-0.39, 0.29) is 0 Å². The van der Waals surface area contributed by atoms with Crippen LogP contribution in [-0.4, -0.2) is 15.0 Å². The SMILES string of the molecule is CC(C)c1ccccc1-c1nc2c(c(NCc3ccc(-c4ccccn4)cc3)n1)CNC2. The van der Waals surface area contributed by atoms with E-state index < -0.39 is 0 Å². The van der Waals surface area contributed by atoms with Crippen LogP contribution in [-0.2, 0) is 19.6 Å². The number of anilines is 1. The van der Waals surface area contributed by atoms with Gasteiger partial charge in [0, 0.05) is 42.5 Å². The minimum absolute atomic E-state index is 0.412. The second-order valence-corrected chi connectivity index (χ2v) is 8.43. The van der Waals surface area contributed by atoms with Gasteiger partial charge in [-0.2, -0.15) is 0 Å². The Morgan fingerprint density at radius 1 is 0.906 bits per heavy atom. The number of hydrogen-bond acceptors (Lipinski definition) is 5. The number of rotatable bonds is 6. The van der Waals surface area contributed by atoms with E-state index in [1.165, 1.54) is 16.7 Å². The molecule has 0 fully saturated rings. The van der Waals surface area contributed by atoms with E-state index in [0.717, 1.165) is 47.2 Å². The molecule has 2 aromatic carbocycles. The lowest BCUT2D eigenvalue weighted by Crippen LogP contribution is -2.08. The Bertz CT molecular complexity index is 1220. The van der Waals surface area contributed by atoms with E-state index in [2.05, 4.69) is 78.0 Å². The lowest BCUT2D eigenvalue weighted by atomic mass is 9.96. The summed E-state index contributed by atoms with van der Waals surface area (Å²) in [7, 11) is 0. The number of benzene rings is 2. The van der Waals surface area contributed by atoms with Gasteiger partial charge in [0.2, 0.25) is 0 Å². The van der Waals surface area contributed by atoms with E-state index in [4.69, 9.17) is 9.97 Å². The summed E-state index contributed by atoms with van der Waals surface area (Å²) in [6, 6.07) is 22.9. The molecule has 5 rings (SSSR count). The average Bonchev–Trinajstić information content (AvgIpc) is 3.32. The van der Waals surface area contributed by atoms with Gasteiger partial charge in [-0.3, -0.25) is 4.98 Å². The Morgan fingerprint density at radius 2 is 1.72 bits per heavy atom. The Balaban J connectivity index is 1.41. The van der Waals surface area contributed by atoms with Crippen molar-refractivity contribution in [3.05, 3.63) is 95.3 Å². The maximum atomic E-state index is 4.97. The summed E-state index contributed by atoms with van der Waals surface area (Å²) >= 11 is 0. The summed E-state index contributed by atoms with van der Waals surface area (Å²) in [5.41, 5.74) is 7.94. The predicted molar refractivity (Wildman–Crippen MR) is 129 cm³/mol. The molecule has 2 aromatic heterocycles. The zero-order valence-corrected chi connectivity index (χ0v) is 18.5. The highest BCUT2D eigenvalue weighted by Gasteiger charge is 2.21. The highest BCUT2D eigenvalue weighted by Crippen LogP contribution is 2.31. The number of nitrogens with one attached hydrogen (secondary N) is 2. The van der Waals surface area contributed by atoms with Crippen LogP contribution in [0.4, 0.5) is 5.82 Å². The third-order valence-corrected chi connectivity index (χ3v) is 5.89. The molecular formula is C27H27N5. The molecule has 0 aliphatic carbocycles. The highest BCUT2D eigenvalue weighted by molar-refractivity contribution is 5.65. The first-order valence-corrected chi connectivity index (χ1v) is 11.1. The maximum Gasteiger partial charge on any atom is 0.162 e. The van der Waals surface area contributed by atoms with Crippen LogP contribution >= 0.6 is 0 Å². The number of pyridine rings is 1. The van der Waals surface area contributed by atoms with Crippen LogP contribution in [0.3, 0.4) is 0 Å². The van der Waals surface area contributed by atoms with Crippen molar-refractivity contribution in [2.45, 2.75) is 39.4 Å². The summed E-state index contributed by atoms with van der Waals surface area (Å²) in [6.45, 7) is 6.70. The molecule has 4 aromatic rings. The standard InChI is InChI=1S/C27H27N5/c1-18(2)21-7-3-4-8-22(21)27-31-25-17-28-16-23(25)26(32-27)30-15-19-10-12-20(13-11-19)24-9-5-6-14-29-24/h3-14,18,28H,15-17H2,1-2H3,(H,30,31,32). The molecule has 5 nitrogen and oxygen atoms in total. The zero-order valence-electron chi connectivity index (χ0n) is 18.5. The Kier molecular flexibility index (Phi) is 5.65. The topological polar surface area (TPSA) is 62.7 Å². The summed E-state index contributed by atoms with van der Waals surface area (Å²) in [5.74, 6) is 2.13. The van der Waals surface area contributed by atoms with Crippen LogP contribution in [0.15, 0.2) is 72.9 Å². The van der Waals surface area contributed by atoms with Gasteiger partial charge in [0.15, 0.2) is 5.82 Å². The largest absolute Gasteiger partial charge is 0.366 e.